The molecule has 3 heteroatoms. The molecule has 1 fully saturated rings. The van der Waals surface area contributed by atoms with Crippen LogP contribution in [-0.4, -0.2) is 13.2 Å². The quantitative estimate of drug-likeness (QED) is 0.841. The molecule has 0 aromatic heterocycles. The molecule has 3 nitrogen and oxygen atoms in total. The fourth-order valence-corrected chi connectivity index (χ4v) is 2.77. The van der Waals surface area contributed by atoms with Crippen molar-refractivity contribution in [3.05, 3.63) is 28.8 Å². The average molecular weight is 234 g/mol. The lowest BCUT2D eigenvalue weighted by atomic mass is 9.73. The molecule has 1 saturated carbocycles. The Balaban J connectivity index is 2.30. The van der Waals surface area contributed by atoms with Crippen LogP contribution >= 0.6 is 0 Å². The van der Waals surface area contributed by atoms with Crippen molar-refractivity contribution < 1.29 is 4.74 Å². The summed E-state index contributed by atoms with van der Waals surface area (Å²) in [6, 6.07) is 4.60. The van der Waals surface area contributed by atoms with E-state index in [-0.39, 0.29) is 6.04 Å². The minimum atomic E-state index is 0.0466. The Kier molecular flexibility index (Phi) is 3.40. The first-order valence-electron chi connectivity index (χ1n) is 6.19. The van der Waals surface area contributed by atoms with Crippen LogP contribution in [0.15, 0.2) is 12.1 Å². The maximum Gasteiger partial charge on any atom is 0.124 e. The van der Waals surface area contributed by atoms with Crippen LogP contribution in [-0.2, 0) is 0 Å². The summed E-state index contributed by atoms with van der Waals surface area (Å²) < 4.78 is 5.46. The molecule has 0 saturated heterocycles. The van der Waals surface area contributed by atoms with Gasteiger partial charge in [0.2, 0.25) is 0 Å². The van der Waals surface area contributed by atoms with E-state index in [1.807, 2.05) is 0 Å². The summed E-state index contributed by atoms with van der Waals surface area (Å²) in [5, 5.41) is 0. The van der Waals surface area contributed by atoms with Crippen LogP contribution < -0.4 is 16.2 Å². The summed E-state index contributed by atoms with van der Waals surface area (Å²) in [6.45, 7) is 4.17. The van der Waals surface area contributed by atoms with Gasteiger partial charge in [0.05, 0.1) is 7.11 Å². The number of aryl methyl sites for hydroxylation is 2. The largest absolute Gasteiger partial charge is 0.496 e. The zero-order valence-electron chi connectivity index (χ0n) is 10.9. The van der Waals surface area contributed by atoms with Gasteiger partial charge in [0.25, 0.3) is 0 Å². The van der Waals surface area contributed by atoms with Crippen LogP contribution in [0.2, 0.25) is 0 Å². The molecule has 1 aromatic rings. The molecule has 0 amide bonds. The van der Waals surface area contributed by atoms with E-state index in [1.165, 1.54) is 11.1 Å². The SMILES string of the molecule is COc1cc(C)cc(C)c1C(N)C1CC(N)C1. The second kappa shape index (κ2) is 4.67. The maximum atomic E-state index is 6.35. The highest BCUT2D eigenvalue weighted by atomic mass is 16.5. The molecule has 0 bridgehead atoms. The normalized spacial score (nSPS) is 25.2. The number of rotatable bonds is 3. The summed E-state index contributed by atoms with van der Waals surface area (Å²) in [6.07, 6.45) is 2.05. The van der Waals surface area contributed by atoms with E-state index >= 15 is 0 Å². The number of nitrogens with two attached hydrogens (primary N) is 2. The second-order valence-electron chi connectivity index (χ2n) is 5.22. The van der Waals surface area contributed by atoms with Gasteiger partial charge in [-0.05, 0) is 49.8 Å². The molecule has 17 heavy (non-hydrogen) atoms. The zero-order chi connectivity index (χ0) is 12.6. The van der Waals surface area contributed by atoms with E-state index < -0.39 is 0 Å². The van der Waals surface area contributed by atoms with Gasteiger partial charge in [-0.15, -0.1) is 0 Å². The van der Waals surface area contributed by atoms with Gasteiger partial charge in [-0.3, -0.25) is 0 Å². The molecular formula is C14H22N2O. The van der Waals surface area contributed by atoms with Gasteiger partial charge in [0.15, 0.2) is 0 Å². The minimum Gasteiger partial charge on any atom is -0.496 e. The Morgan fingerprint density at radius 2 is 1.94 bits per heavy atom. The van der Waals surface area contributed by atoms with Gasteiger partial charge in [0.1, 0.15) is 5.75 Å². The van der Waals surface area contributed by atoms with Crippen LogP contribution in [0, 0.1) is 19.8 Å². The third-order valence-electron chi connectivity index (χ3n) is 3.77. The summed E-state index contributed by atoms with van der Waals surface area (Å²) in [5.41, 5.74) is 15.8. The molecule has 1 atom stereocenters. The summed E-state index contributed by atoms with van der Waals surface area (Å²) in [4.78, 5) is 0. The Labute approximate surface area is 103 Å². The molecule has 0 aliphatic heterocycles. The van der Waals surface area contributed by atoms with Crippen molar-refractivity contribution in [2.24, 2.45) is 17.4 Å². The molecular weight excluding hydrogens is 212 g/mol. The van der Waals surface area contributed by atoms with Crippen LogP contribution in [0.4, 0.5) is 0 Å². The Morgan fingerprint density at radius 1 is 1.29 bits per heavy atom. The Bertz CT molecular complexity index is 411. The van der Waals surface area contributed by atoms with E-state index in [4.69, 9.17) is 16.2 Å². The fraction of sp³-hybridized carbons (Fsp3) is 0.571. The first-order chi connectivity index (χ1) is 8.02. The lowest BCUT2D eigenvalue weighted by Gasteiger charge is -2.37. The standard InChI is InChI=1S/C14H22N2O/c1-8-4-9(2)13(12(5-8)17-3)14(16)10-6-11(15)7-10/h4-5,10-11,14H,6-7,15-16H2,1-3H3. The highest BCUT2D eigenvalue weighted by Gasteiger charge is 2.33. The molecule has 4 N–H and O–H groups in total. The number of ether oxygens (including phenoxy) is 1. The maximum absolute atomic E-state index is 6.35. The summed E-state index contributed by atoms with van der Waals surface area (Å²) in [7, 11) is 1.71. The van der Waals surface area contributed by atoms with Gasteiger partial charge in [0, 0.05) is 17.6 Å². The molecule has 94 valence electrons. The molecule has 0 heterocycles. The number of methoxy groups -OCH3 is 1. The smallest absolute Gasteiger partial charge is 0.124 e. The lowest BCUT2D eigenvalue weighted by Crippen LogP contribution is -2.42. The van der Waals surface area contributed by atoms with E-state index in [9.17, 15) is 0 Å². The minimum absolute atomic E-state index is 0.0466. The highest BCUT2D eigenvalue weighted by Crippen LogP contribution is 2.40. The molecule has 1 aliphatic carbocycles. The van der Waals surface area contributed by atoms with E-state index in [0.29, 0.717) is 12.0 Å². The van der Waals surface area contributed by atoms with Crippen molar-refractivity contribution in [3.63, 3.8) is 0 Å². The van der Waals surface area contributed by atoms with Gasteiger partial charge in [-0.25, -0.2) is 0 Å². The third kappa shape index (κ3) is 2.31. The van der Waals surface area contributed by atoms with E-state index in [2.05, 4.69) is 26.0 Å². The average Bonchev–Trinajstić information content (AvgIpc) is 2.22. The van der Waals surface area contributed by atoms with Gasteiger partial charge >= 0.3 is 0 Å². The Hall–Kier alpha value is -1.06. The van der Waals surface area contributed by atoms with Gasteiger partial charge in [-0.1, -0.05) is 6.07 Å². The topological polar surface area (TPSA) is 61.3 Å². The number of hydrogen-bond donors (Lipinski definition) is 2. The van der Waals surface area contributed by atoms with Crippen LogP contribution in [0.1, 0.15) is 35.6 Å². The van der Waals surface area contributed by atoms with Crippen molar-refractivity contribution >= 4 is 0 Å². The first kappa shape index (κ1) is 12.4. The van der Waals surface area contributed by atoms with Crippen molar-refractivity contribution in [1.29, 1.82) is 0 Å². The lowest BCUT2D eigenvalue weighted by molar-refractivity contribution is 0.220. The molecule has 0 radical (unpaired) electrons. The number of benzene rings is 1. The van der Waals surface area contributed by atoms with Crippen LogP contribution in [0.3, 0.4) is 0 Å². The van der Waals surface area contributed by atoms with Gasteiger partial charge < -0.3 is 16.2 Å². The summed E-state index contributed by atoms with van der Waals surface area (Å²) >= 11 is 0. The van der Waals surface area contributed by atoms with E-state index in [0.717, 1.165) is 24.2 Å². The van der Waals surface area contributed by atoms with Gasteiger partial charge in [-0.2, -0.15) is 0 Å². The number of hydrogen-bond acceptors (Lipinski definition) is 3. The predicted octanol–water partition coefficient (Wildman–Crippen LogP) is 2.05. The zero-order valence-corrected chi connectivity index (χ0v) is 10.9. The first-order valence-corrected chi connectivity index (χ1v) is 6.19. The van der Waals surface area contributed by atoms with Crippen LogP contribution in [0.5, 0.6) is 5.75 Å². The van der Waals surface area contributed by atoms with E-state index in [1.54, 1.807) is 7.11 Å². The molecule has 1 aliphatic rings. The third-order valence-corrected chi connectivity index (χ3v) is 3.77. The molecule has 0 spiro atoms. The van der Waals surface area contributed by atoms with Crippen LogP contribution in [0.25, 0.3) is 0 Å². The molecule has 2 rings (SSSR count). The molecule has 1 unspecified atom stereocenters. The van der Waals surface area contributed by atoms with Crippen molar-refractivity contribution in [2.75, 3.05) is 7.11 Å². The highest BCUT2D eigenvalue weighted by molar-refractivity contribution is 5.45. The fourth-order valence-electron chi connectivity index (χ4n) is 2.77. The Morgan fingerprint density at radius 3 is 2.47 bits per heavy atom. The van der Waals surface area contributed by atoms with Crippen molar-refractivity contribution in [2.45, 2.75) is 38.8 Å². The molecule has 1 aromatic carbocycles. The summed E-state index contributed by atoms with van der Waals surface area (Å²) in [5.74, 6) is 1.41. The van der Waals surface area contributed by atoms with Crippen molar-refractivity contribution in [1.82, 2.24) is 0 Å². The predicted molar refractivity (Wildman–Crippen MR) is 70.1 cm³/mol. The second-order valence-corrected chi connectivity index (χ2v) is 5.22. The monoisotopic (exact) mass is 234 g/mol. The van der Waals surface area contributed by atoms with Crippen molar-refractivity contribution in [3.8, 4) is 5.75 Å².